The molecule has 0 spiro atoms. The molecule has 1 aromatic heterocycles. The molecule has 2 aromatic carbocycles. The van der Waals surface area contributed by atoms with E-state index < -0.39 is 5.82 Å². The summed E-state index contributed by atoms with van der Waals surface area (Å²) in [5, 5.41) is 11.4. The van der Waals surface area contributed by atoms with Crippen LogP contribution < -0.4 is 10.6 Å². The molecule has 0 aliphatic heterocycles. The minimum absolute atomic E-state index is 0.157. The van der Waals surface area contributed by atoms with Gasteiger partial charge < -0.3 is 10.6 Å². The lowest BCUT2D eigenvalue weighted by molar-refractivity contribution is 0.586. The van der Waals surface area contributed by atoms with Crippen LogP contribution in [0.1, 0.15) is 16.7 Å². The van der Waals surface area contributed by atoms with Crippen molar-refractivity contribution in [3.63, 3.8) is 0 Å². The van der Waals surface area contributed by atoms with Crippen molar-refractivity contribution in [1.82, 2.24) is 9.78 Å². The smallest absolute Gasteiger partial charge is 0.176 e. The van der Waals surface area contributed by atoms with Crippen LogP contribution in [0, 0.1) is 19.7 Å². The fraction of sp³-hybridized carbons (Fsp3) is 0.158. The van der Waals surface area contributed by atoms with Crippen molar-refractivity contribution in [2.24, 2.45) is 0 Å². The lowest BCUT2D eigenvalue weighted by Gasteiger charge is -2.10. The SMILES string of the molecule is Cc1ccc(NC(=S)Nc2nn(Cc3c(F)cccc3Cl)cc2Cl)cc1C. The number of hydrogen-bond acceptors (Lipinski definition) is 2. The summed E-state index contributed by atoms with van der Waals surface area (Å²) in [5.74, 6) is -0.0129. The van der Waals surface area contributed by atoms with Crippen LogP contribution in [0.4, 0.5) is 15.9 Å². The summed E-state index contributed by atoms with van der Waals surface area (Å²) in [7, 11) is 0. The van der Waals surface area contributed by atoms with Gasteiger partial charge in [-0.15, -0.1) is 0 Å². The molecule has 8 heteroatoms. The quantitative estimate of drug-likeness (QED) is 0.521. The van der Waals surface area contributed by atoms with Crippen LogP contribution in [0.25, 0.3) is 0 Å². The molecule has 0 aliphatic carbocycles. The summed E-state index contributed by atoms with van der Waals surface area (Å²) in [6.45, 7) is 4.23. The molecule has 0 aliphatic rings. The summed E-state index contributed by atoms with van der Waals surface area (Å²) in [6.07, 6.45) is 1.59. The number of nitrogens with one attached hydrogen (secondary N) is 2. The molecule has 4 nitrogen and oxygen atoms in total. The Balaban J connectivity index is 1.71. The first-order chi connectivity index (χ1) is 12.8. The van der Waals surface area contributed by atoms with E-state index in [9.17, 15) is 4.39 Å². The summed E-state index contributed by atoms with van der Waals surface area (Å²) >= 11 is 17.6. The van der Waals surface area contributed by atoms with E-state index in [2.05, 4.69) is 15.7 Å². The van der Waals surface area contributed by atoms with Gasteiger partial charge in [0, 0.05) is 22.5 Å². The molecule has 0 saturated carbocycles. The monoisotopic (exact) mass is 422 g/mol. The molecule has 3 rings (SSSR count). The average molecular weight is 423 g/mol. The third-order valence-electron chi connectivity index (χ3n) is 4.10. The lowest BCUT2D eigenvalue weighted by Crippen LogP contribution is -2.20. The Morgan fingerprint density at radius 1 is 1.11 bits per heavy atom. The molecule has 0 unspecified atom stereocenters. The van der Waals surface area contributed by atoms with Crippen LogP contribution >= 0.6 is 35.4 Å². The van der Waals surface area contributed by atoms with E-state index in [0.717, 1.165) is 11.3 Å². The van der Waals surface area contributed by atoms with Gasteiger partial charge in [0.15, 0.2) is 10.9 Å². The van der Waals surface area contributed by atoms with Crippen molar-refractivity contribution in [3.05, 3.63) is 75.1 Å². The molecule has 27 heavy (non-hydrogen) atoms. The molecule has 0 fully saturated rings. The van der Waals surface area contributed by atoms with Gasteiger partial charge in [-0.3, -0.25) is 4.68 Å². The molecule has 0 saturated heterocycles. The zero-order valence-corrected chi connectivity index (χ0v) is 17.0. The van der Waals surface area contributed by atoms with Crippen LogP contribution in [0.3, 0.4) is 0 Å². The number of benzene rings is 2. The van der Waals surface area contributed by atoms with E-state index in [1.807, 2.05) is 32.0 Å². The highest BCUT2D eigenvalue weighted by molar-refractivity contribution is 7.80. The number of rotatable bonds is 4. The highest BCUT2D eigenvalue weighted by Gasteiger charge is 2.13. The maximum absolute atomic E-state index is 14.0. The van der Waals surface area contributed by atoms with Gasteiger partial charge in [0.25, 0.3) is 0 Å². The zero-order chi connectivity index (χ0) is 19.6. The van der Waals surface area contributed by atoms with Crippen LogP contribution in [0.15, 0.2) is 42.6 Å². The van der Waals surface area contributed by atoms with Crippen LogP contribution in [0.5, 0.6) is 0 Å². The lowest BCUT2D eigenvalue weighted by atomic mass is 10.1. The first-order valence-electron chi connectivity index (χ1n) is 8.14. The van der Waals surface area contributed by atoms with Gasteiger partial charge in [-0.25, -0.2) is 4.39 Å². The Hall–Kier alpha value is -2.15. The normalized spacial score (nSPS) is 10.7. The Morgan fingerprint density at radius 3 is 2.59 bits per heavy atom. The van der Waals surface area contributed by atoms with Crippen LogP contribution in [-0.4, -0.2) is 14.9 Å². The van der Waals surface area contributed by atoms with Gasteiger partial charge in [0.1, 0.15) is 10.8 Å². The molecule has 0 radical (unpaired) electrons. The van der Waals surface area contributed by atoms with Crippen molar-refractivity contribution >= 4 is 52.0 Å². The molecule has 140 valence electrons. The Kier molecular flexibility index (Phi) is 5.99. The van der Waals surface area contributed by atoms with Crippen LogP contribution in [-0.2, 0) is 6.54 Å². The maximum Gasteiger partial charge on any atom is 0.176 e. The first-order valence-corrected chi connectivity index (χ1v) is 9.31. The molecule has 3 aromatic rings. The largest absolute Gasteiger partial charge is 0.332 e. The van der Waals surface area contributed by atoms with E-state index in [4.69, 9.17) is 35.4 Å². The summed E-state index contributed by atoms with van der Waals surface area (Å²) < 4.78 is 15.5. The van der Waals surface area contributed by atoms with Gasteiger partial charge >= 0.3 is 0 Å². The molecule has 2 N–H and O–H groups in total. The van der Waals surface area contributed by atoms with Gasteiger partial charge in [0.05, 0.1) is 6.54 Å². The second kappa shape index (κ2) is 8.25. The molecule has 0 bridgehead atoms. The molecular weight excluding hydrogens is 406 g/mol. The topological polar surface area (TPSA) is 41.9 Å². The van der Waals surface area contributed by atoms with Gasteiger partial charge in [-0.05, 0) is 61.5 Å². The Labute approximate surface area is 172 Å². The first kappa shape index (κ1) is 19.6. The van der Waals surface area contributed by atoms with E-state index in [1.165, 1.54) is 16.3 Å². The highest BCUT2D eigenvalue weighted by atomic mass is 35.5. The number of anilines is 2. The second-order valence-corrected chi connectivity index (χ2v) is 7.32. The molecular formula is C19H17Cl2FN4S. The highest BCUT2D eigenvalue weighted by Crippen LogP contribution is 2.24. The molecule has 1 heterocycles. The third kappa shape index (κ3) is 4.77. The molecule has 0 amide bonds. The standard InChI is InChI=1S/C19H17Cl2FN4S/c1-11-6-7-13(8-12(11)2)23-19(27)24-18-16(21)10-26(25-18)9-14-15(20)4-3-5-17(14)22/h3-8,10H,9H2,1-2H3,(H2,23,24,25,27). The van der Waals surface area contributed by atoms with Crippen molar-refractivity contribution in [1.29, 1.82) is 0 Å². The molecule has 0 atom stereocenters. The summed E-state index contributed by atoms with van der Waals surface area (Å²) in [4.78, 5) is 0. The fourth-order valence-electron chi connectivity index (χ4n) is 2.50. The second-order valence-electron chi connectivity index (χ2n) is 6.10. The van der Waals surface area contributed by atoms with E-state index in [-0.39, 0.29) is 6.54 Å². The number of thiocarbonyl (C=S) groups is 1. The van der Waals surface area contributed by atoms with E-state index >= 15 is 0 Å². The summed E-state index contributed by atoms with van der Waals surface area (Å²) in [5.41, 5.74) is 3.57. The zero-order valence-electron chi connectivity index (χ0n) is 14.7. The van der Waals surface area contributed by atoms with Crippen molar-refractivity contribution in [3.8, 4) is 0 Å². The minimum Gasteiger partial charge on any atom is -0.332 e. The average Bonchev–Trinajstić information content (AvgIpc) is 2.94. The maximum atomic E-state index is 14.0. The number of aromatic nitrogens is 2. The van der Waals surface area contributed by atoms with E-state index in [1.54, 1.807) is 18.3 Å². The van der Waals surface area contributed by atoms with Crippen molar-refractivity contribution in [2.45, 2.75) is 20.4 Å². The third-order valence-corrected chi connectivity index (χ3v) is 4.93. The Bertz CT molecular complexity index is 983. The van der Waals surface area contributed by atoms with Gasteiger partial charge in [-0.2, -0.15) is 5.10 Å². The van der Waals surface area contributed by atoms with Crippen molar-refractivity contribution < 1.29 is 4.39 Å². The fourth-order valence-corrected chi connectivity index (χ4v) is 3.13. The minimum atomic E-state index is -0.393. The Morgan fingerprint density at radius 2 is 1.89 bits per heavy atom. The predicted molar refractivity (Wildman–Crippen MR) is 114 cm³/mol. The number of hydrogen-bond donors (Lipinski definition) is 2. The predicted octanol–water partition coefficient (Wildman–Crippen LogP) is 5.80. The van der Waals surface area contributed by atoms with E-state index in [0.29, 0.717) is 26.5 Å². The van der Waals surface area contributed by atoms with Gasteiger partial charge in [-0.1, -0.05) is 35.3 Å². The summed E-state index contributed by atoms with van der Waals surface area (Å²) in [6, 6.07) is 10.5. The van der Waals surface area contributed by atoms with Crippen molar-refractivity contribution in [2.75, 3.05) is 10.6 Å². The van der Waals surface area contributed by atoms with Gasteiger partial charge in [0.2, 0.25) is 0 Å². The number of halogens is 3. The number of nitrogens with zero attached hydrogens (tertiary/aromatic N) is 2. The van der Waals surface area contributed by atoms with Crippen LogP contribution in [0.2, 0.25) is 10.0 Å². The number of aryl methyl sites for hydroxylation is 2.